The minimum Gasteiger partial charge on any atom is -0.0845 e. The Hall–Kier alpha value is -0.260. The third-order valence-electron chi connectivity index (χ3n) is 3.44. The van der Waals surface area contributed by atoms with Crippen molar-refractivity contribution in [3.05, 3.63) is 12.2 Å². The van der Waals surface area contributed by atoms with E-state index in [-0.39, 0.29) is 0 Å². The summed E-state index contributed by atoms with van der Waals surface area (Å²) in [5, 5.41) is 0. The molecular formula is C14H26. The molecule has 0 aromatic carbocycles. The first kappa shape index (κ1) is 11.8. The van der Waals surface area contributed by atoms with Crippen LogP contribution >= 0.6 is 0 Å². The Morgan fingerprint density at radius 3 is 1.43 bits per heavy atom. The summed E-state index contributed by atoms with van der Waals surface area (Å²) in [7, 11) is 0. The first-order chi connectivity index (χ1) is 6.88. The second-order valence-corrected chi connectivity index (χ2v) is 4.70. The van der Waals surface area contributed by atoms with Crippen molar-refractivity contribution in [1.82, 2.24) is 0 Å². The van der Waals surface area contributed by atoms with Gasteiger partial charge in [0.2, 0.25) is 0 Å². The van der Waals surface area contributed by atoms with Gasteiger partial charge < -0.3 is 0 Å². The molecule has 0 unspecified atom stereocenters. The maximum Gasteiger partial charge on any atom is -0.0170 e. The van der Waals surface area contributed by atoms with Gasteiger partial charge >= 0.3 is 0 Å². The summed E-state index contributed by atoms with van der Waals surface area (Å²) < 4.78 is 0. The Labute approximate surface area is 89.8 Å². The van der Waals surface area contributed by atoms with E-state index < -0.39 is 0 Å². The van der Waals surface area contributed by atoms with Crippen LogP contribution in [0.5, 0.6) is 0 Å². The highest BCUT2D eigenvalue weighted by Crippen LogP contribution is 2.34. The first-order valence-corrected chi connectivity index (χ1v) is 6.56. The molecule has 0 amide bonds. The van der Waals surface area contributed by atoms with Gasteiger partial charge in [-0.1, -0.05) is 64.5 Å². The molecule has 0 aliphatic heterocycles. The van der Waals surface area contributed by atoms with Crippen molar-refractivity contribution in [2.75, 3.05) is 0 Å². The van der Waals surface area contributed by atoms with E-state index in [0.717, 1.165) is 11.8 Å². The van der Waals surface area contributed by atoms with Gasteiger partial charge in [-0.25, -0.2) is 0 Å². The Bertz CT molecular complexity index is 139. The SMILES string of the molecule is CCCCC[C@H]1C=C[C@@H]1CCCCC. The first-order valence-electron chi connectivity index (χ1n) is 6.56. The molecule has 0 radical (unpaired) electrons. The van der Waals surface area contributed by atoms with Gasteiger partial charge in [0.05, 0.1) is 0 Å². The Morgan fingerprint density at radius 1 is 0.714 bits per heavy atom. The Balaban J connectivity index is 2.01. The third kappa shape index (κ3) is 3.86. The monoisotopic (exact) mass is 194 g/mol. The molecule has 0 saturated heterocycles. The fraction of sp³-hybridized carbons (Fsp3) is 0.857. The van der Waals surface area contributed by atoms with Crippen LogP contribution in [0.1, 0.15) is 65.2 Å². The van der Waals surface area contributed by atoms with Crippen molar-refractivity contribution in [2.45, 2.75) is 65.2 Å². The van der Waals surface area contributed by atoms with Crippen molar-refractivity contribution >= 4 is 0 Å². The van der Waals surface area contributed by atoms with Gasteiger partial charge in [0.1, 0.15) is 0 Å². The van der Waals surface area contributed by atoms with Crippen molar-refractivity contribution in [1.29, 1.82) is 0 Å². The molecule has 1 aliphatic rings. The van der Waals surface area contributed by atoms with Crippen LogP contribution in [0.3, 0.4) is 0 Å². The number of hydrogen-bond acceptors (Lipinski definition) is 0. The van der Waals surface area contributed by atoms with Crippen LogP contribution in [-0.2, 0) is 0 Å². The molecule has 0 saturated carbocycles. The van der Waals surface area contributed by atoms with Crippen LogP contribution in [0.15, 0.2) is 12.2 Å². The Kier molecular flexibility index (Phi) is 5.98. The van der Waals surface area contributed by atoms with E-state index >= 15 is 0 Å². The minimum absolute atomic E-state index is 0.943. The predicted molar refractivity (Wildman–Crippen MR) is 64.4 cm³/mol. The minimum atomic E-state index is 0.943. The van der Waals surface area contributed by atoms with E-state index in [1.54, 1.807) is 0 Å². The normalized spacial score (nSPS) is 25.0. The van der Waals surface area contributed by atoms with Crippen molar-refractivity contribution in [2.24, 2.45) is 11.8 Å². The maximum absolute atomic E-state index is 2.44. The smallest absolute Gasteiger partial charge is 0.0170 e. The van der Waals surface area contributed by atoms with E-state index in [2.05, 4.69) is 26.0 Å². The van der Waals surface area contributed by atoms with Crippen LogP contribution in [0.2, 0.25) is 0 Å². The van der Waals surface area contributed by atoms with E-state index in [9.17, 15) is 0 Å². The van der Waals surface area contributed by atoms with E-state index in [1.165, 1.54) is 51.4 Å². The summed E-state index contributed by atoms with van der Waals surface area (Å²) in [6.07, 6.45) is 16.2. The van der Waals surface area contributed by atoms with Gasteiger partial charge in [-0.2, -0.15) is 0 Å². The fourth-order valence-corrected chi connectivity index (χ4v) is 2.31. The third-order valence-corrected chi connectivity index (χ3v) is 3.44. The van der Waals surface area contributed by atoms with Crippen LogP contribution in [-0.4, -0.2) is 0 Å². The summed E-state index contributed by atoms with van der Waals surface area (Å²) in [6, 6.07) is 0. The van der Waals surface area contributed by atoms with Gasteiger partial charge in [0, 0.05) is 0 Å². The topological polar surface area (TPSA) is 0 Å². The maximum atomic E-state index is 2.44. The molecule has 14 heavy (non-hydrogen) atoms. The van der Waals surface area contributed by atoms with Crippen molar-refractivity contribution < 1.29 is 0 Å². The largest absolute Gasteiger partial charge is 0.0845 e. The lowest BCUT2D eigenvalue weighted by atomic mass is 9.76. The lowest BCUT2D eigenvalue weighted by Crippen LogP contribution is -2.18. The molecule has 2 atom stereocenters. The number of unbranched alkanes of at least 4 members (excludes halogenated alkanes) is 4. The molecule has 0 aromatic heterocycles. The second-order valence-electron chi connectivity index (χ2n) is 4.70. The highest BCUT2D eigenvalue weighted by atomic mass is 14.3. The molecule has 0 spiro atoms. The summed E-state index contributed by atoms with van der Waals surface area (Å²) in [4.78, 5) is 0. The molecule has 1 rings (SSSR count). The zero-order valence-corrected chi connectivity index (χ0v) is 9.97. The van der Waals surface area contributed by atoms with Crippen LogP contribution in [0, 0.1) is 11.8 Å². The molecule has 0 fully saturated rings. The number of allylic oxidation sites excluding steroid dienone is 2. The standard InChI is InChI=1S/C14H26/c1-3-5-7-9-13-11-12-14(13)10-8-6-4-2/h11-14H,3-10H2,1-2H3/t13-,14-/m0/s1. The molecule has 0 bridgehead atoms. The summed E-state index contributed by atoms with van der Waals surface area (Å²) in [5.74, 6) is 1.89. The molecular weight excluding hydrogens is 168 g/mol. The lowest BCUT2D eigenvalue weighted by molar-refractivity contribution is 0.354. The van der Waals surface area contributed by atoms with Gasteiger partial charge in [-0.05, 0) is 24.7 Å². The van der Waals surface area contributed by atoms with Gasteiger partial charge in [-0.3, -0.25) is 0 Å². The quantitative estimate of drug-likeness (QED) is 0.379. The predicted octanol–water partition coefficient (Wildman–Crippen LogP) is 4.95. The summed E-state index contributed by atoms with van der Waals surface area (Å²) in [6.45, 7) is 4.57. The molecule has 0 nitrogen and oxygen atoms in total. The van der Waals surface area contributed by atoms with Crippen LogP contribution in [0.25, 0.3) is 0 Å². The zero-order chi connectivity index (χ0) is 10.2. The summed E-state index contributed by atoms with van der Waals surface area (Å²) in [5.41, 5.74) is 0. The average molecular weight is 194 g/mol. The molecule has 1 aliphatic carbocycles. The number of rotatable bonds is 8. The van der Waals surface area contributed by atoms with Crippen LogP contribution in [0.4, 0.5) is 0 Å². The van der Waals surface area contributed by atoms with Gasteiger partial charge in [-0.15, -0.1) is 0 Å². The summed E-state index contributed by atoms with van der Waals surface area (Å²) >= 11 is 0. The van der Waals surface area contributed by atoms with Crippen molar-refractivity contribution in [3.8, 4) is 0 Å². The molecule has 82 valence electrons. The fourth-order valence-electron chi connectivity index (χ4n) is 2.31. The van der Waals surface area contributed by atoms with E-state index in [0.29, 0.717) is 0 Å². The van der Waals surface area contributed by atoms with Gasteiger partial charge in [0.25, 0.3) is 0 Å². The van der Waals surface area contributed by atoms with Gasteiger partial charge in [0.15, 0.2) is 0 Å². The molecule has 0 heteroatoms. The Morgan fingerprint density at radius 2 is 1.14 bits per heavy atom. The zero-order valence-electron chi connectivity index (χ0n) is 9.97. The lowest BCUT2D eigenvalue weighted by Gasteiger charge is -2.29. The van der Waals surface area contributed by atoms with Crippen LogP contribution < -0.4 is 0 Å². The average Bonchev–Trinajstić information content (AvgIpc) is 2.17. The number of hydrogen-bond donors (Lipinski definition) is 0. The molecule has 0 aromatic rings. The van der Waals surface area contributed by atoms with E-state index in [1.807, 2.05) is 0 Å². The molecule has 0 heterocycles. The van der Waals surface area contributed by atoms with Crippen molar-refractivity contribution in [3.63, 3.8) is 0 Å². The molecule has 0 N–H and O–H groups in total. The highest BCUT2D eigenvalue weighted by molar-refractivity contribution is 5.08. The van der Waals surface area contributed by atoms with E-state index in [4.69, 9.17) is 0 Å². The second kappa shape index (κ2) is 7.09. The highest BCUT2D eigenvalue weighted by Gasteiger charge is 2.22.